The SMILES string of the molecule is CC1CC(C)CC(N)(C2(O)CCN(C)CC2)C1. The normalized spacial score (nSPS) is 43.6. The standard InChI is InChI=1S/C14H28N2O/c1-11-8-12(2)10-13(15,9-11)14(17)4-6-16(3)7-5-14/h11-12,17H,4-10,15H2,1-3H3. The quantitative estimate of drug-likeness (QED) is 0.732. The highest BCUT2D eigenvalue weighted by Gasteiger charge is 2.51. The van der Waals surface area contributed by atoms with E-state index in [0.717, 1.165) is 38.8 Å². The summed E-state index contributed by atoms with van der Waals surface area (Å²) < 4.78 is 0. The molecule has 3 N–H and O–H groups in total. The van der Waals surface area contributed by atoms with Gasteiger partial charge in [-0.3, -0.25) is 0 Å². The summed E-state index contributed by atoms with van der Waals surface area (Å²) in [6.07, 6.45) is 4.89. The van der Waals surface area contributed by atoms with Crippen molar-refractivity contribution in [1.82, 2.24) is 4.90 Å². The van der Waals surface area contributed by atoms with Crippen LogP contribution < -0.4 is 5.73 Å². The molecule has 0 radical (unpaired) electrons. The molecule has 1 heterocycles. The number of nitrogens with two attached hydrogens (primary N) is 1. The van der Waals surface area contributed by atoms with Gasteiger partial charge >= 0.3 is 0 Å². The van der Waals surface area contributed by atoms with E-state index in [0.29, 0.717) is 11.8 Å². The van der Waals surface area contributed by atoms with E-state index in [1.165, 1.54) is 6.42 Å². The minimum absolute atomic E-state index is 0.356. The lowest BCUT2D eigenvalue weighted by atomic mass is 9.62. The molecule has 0 aromatic rings. The van der Waals surface area contributed by atoms with Gasteiger partial charge in [0.15, 0.2) is 0 Å². The second kappa shape index (κ2) is 4.52. The molecule has 0 spiro atoms. The Balaban J connectivity index is 2.13. The number of hydrogen-bond acceptors (Lipinski definition) is 3. The second-order valence-corrected chi connectivity index (χ2v) is 6.85. The van der Waals surface area contributed by atoms with E-state index in [2.05, 4.69) is 25.8 Å². The number of nitrogens with zero attached hydrogens (tertiary/aromatic N) is 1. The molecular formula is C14H28N2O. The van der Waals surface area contributed by atoms with E-state index in [9.17, 15) is 5.11 Å². The van der Waals surface area contributed by atoms with Gasteiger partial charge in [-0.1, -0.05) is 13.8 Å². The van der Waals surface area contributed by atoms with Crippen LogP contribution in [0.3, 0.4) is 0 Å². The van der Waals surface area contributed by atoms with Crippen molar-refractivity contribution in [2.45, 2.75) is 57.1 Å². The Labute approximate surface area is 105 Å². The molecule has 1 aliphatic heterocycles. The largest absolute Gasteiger partial charge is 0.388 e. The number of piperidine rings is 1. The topological polar surface area (TPSA) is 49.5 Å². The highest BCUT2D eigenvalue weighted by atomic mass is 16.3. The van der Waals surface area contributed by atoms with Crippen LogP contribution in [-0.2, 0) is 0 Å². The van der Waals surface area contributed by atoms with Gasteiger partial charge in [-0.2, -0.15) is 0 Å². The fourth-order valence-corrected chi connectivity index (χ4v) is 4.05. The first-order valence-electron chi connectivity index (χ1n) is 7.04. The summed E-state index contributed by atoms with van der Waals surface area (Å²) in [5.74, 6) is 1.29. The summed E-state index contributed by atoms with van der Waals surface area (Å²) in [5.41, 5.74) is 5.63. The van der Waals surface area contributed by atoms with Gasteiger partial charge in [-0.25, -0.2) is 0 Å². The minimum atomic E-state index is -0.636. The minimum Gasteiger partial charge on any atom is -0.388 e. The molecule has 17 heavy (non-hydrogen) atoms. The van der Waals surface area contributed by atoms with E-state index < -0.39 is 5.60 Å². The Kier molecular flexibility index (Phi) is 3.54. The van der Waals surface area contributed by atoms with Crippen LogP contribution in [-0.4, -0.2) is 41.3 Å². The molecular weight excluding hydrogens is 212 g/mol. The Morgan fingerprint density at radius 2 is 1.59 bits per heavy atom. The highest BCUT2D eigenvalue weighted by molar-refractivity contribution is 5.08. The predicted octanol–water partition coefficient (Wildman–Crippen LogP) is 1.60. The summed E-state index contributed by atoms with van der Waals surface area (Å²) in [5, 5.41) is 11.0. The maximum absolute atomic E-state index is 11.0. The average molecular weight is 240 g/mol. The van der Waals surface area contributed by atoms with Crippen LogP contribution in [0.25, 0.3) is 0 Å². The van der Waals surface area contributed by atoms with Crippen LogP contribution in [0.1, 0.15) is 46.0 Å². The molecule has 2 rings (SSSR count). The summed E-state index contributed by atoms with van der Waals surface area (Å²) in [7, 11) is 2.12. The average Bonchev–Trinajstić information content (AvgIpc) is 2.20. The molecule has 2 fully saturated rings. The Bertz CT molecular complexity index is 261. The zero-order chi connectivity index (χ0) is 12.7. The fourth-order valence-electron chi connectivity index (χ4n) is 4.05. The molecule has 2 atom stereocenters. The molecule has 1 aliphatic carbocycles. The molecule has 1 saturated heterocycles. The van der Waals surface area contributed by atoms with Crippen molar-refractivity contribution < 1.29 is 5.11 Å². The zero-order valence-electron chi connectivity index (χ0n) is 11.6. The molecule has 2 aliphatic rings. The zero-order valence-corrected chi connectivity index (χ0v) is 11.6. The molecule has 2 unspecified atom stereocenters. The van der Waals surface area contributed by atoms with Crippen molar-refractivity contribution in [2.75, 3.05) is 20.1 Å². The van der Waals surface area contributed by atoms with E-state index in [1.807, 2.05) is 0 Å². The van der Waals surface area contributed by atoms with Crippen LogP contribution >= 0.6 is 0 Å². The van der Waals surface area contributed by atoms with E-state index in [4.69, 9.17) is 5.73 Å². The fraction of sp³-hybridized carbons (Fsp3) is 1.00. The maximum atomic E-state index is 11.0. The molecule has 3 nitrogen and oxygen atoms in total. The first-order chi connectivity index (χ1) is 7.85. The van der Waals surface area contributed by atoms with Gasteiger partial charge in [0.25, 0.3) is 0 Å². The van der Waals surface area contributed by atoms with E-state index >= 15 is 0 Å². The lowest BCUT2D eigenvalue weighted by Crippen LogP contribution is -2.66. The molecule has 0 aromatic heterocycles. The third kappa shape index (κ3) is 2.51. The molecule has 100 valence electrons. The van der Waals surface area contributed by atoms with Crippen LogP contribution in [0.2, 0.25) is 0 Å². The first kappa shape index (κ1) is 13.3. The van der Waals surface area contributed by atoms with Gasteiger partial charge in [-0.15, -0.1) is 0 Å². The lowest BCUT2D eigenvalue weighted by Gasteiger charge is -2.53. The number of aliphatic hydroxyl groups is 1. The number of rotatable bonds is 1. The van der Waals surface area contributed by atoms with Crippen molar-refractivity contribution >= 4 is 0 Å². The molecule has 1 saturated carbocycles. The molecule has 0 amide bonds. The summed E-state index contributed by atoms with van der Waals surface area (Å²) in [6, 6.07) is 0. The number of hydrogen-bond donors (Lipinski definition) is 2. The third-order valence-electron chi connectivity index (χ3n) is 4.97. The van der Waals surface area contributed by atoms with E-state index in [-0.39, 0.29) is 5.54 Å². The monoisotopic (exact) mass is 240 g/mol. The van der Waals surface area contributed by atoms with Gasteiger partial charge in [0.1, 0.15) is 0 Å². The van der Waals surface area contributed by atoms with Crippen molar-refractivity contribution in [3.63, 3.8) is 0 Å². The molecule has 0 bridgehead atoms. The summed E-state index contributed by atoms with van der Waals surface area (Å²) >= 11 is 0. The molecule has 0 aromatic carbocycles. The van der Waals surface area contributed by atoms with Gasteiger partial charge in [0.05, 0.1) is 5.60 Å². The van der Waals surface area contributed by atoms with Crippen molar-refractivity contribution in [3.05, 3.63) is 0 Å². The van der Waals surface area contributed by atoms with Crippen LogP contribution in [0, 0.1) is 11.8 Å². The lowest BCUT2D eigenvalue weighted by molar-refractivity contribution is -0.101. The van der Waals surface area contributed by atoms with Crippen molar-refractivity contribution in [2.24, 2.45) is 17.6 Å². The smallest absolute Gasteiger partial charge is 0.0850 e. The van der Waals surface area contributed by atoms with Crippen LogP contribution in [0.15, 0.2) is 0 Å². The first-order valence-corrected chi connectivity index (χ1v) is 7.04. The predicted molar refractivity (Wildman–Crippen MR) is 70.8 cm³/mol. The Morgan fingerprint density at radius 1 is 1.12 bits per heavy atom. The maximum Gasteiger partial charge on any atom is 0.0850 e. The molecule has 3 heteroatoms. The van der Waals surface area contributed by atoms with Gasteiger partial charge < -0.3 is 15.7 Å². The second-order valence-electron chi connectivity index (χ2n) is 6.85. The van der Waals surface area contributed by atoms with Gasteiger partial charge in [-0.05, 0) is 51.0 Å². The summed E-state index contributed by atoms with van der Waals surface area (Å²) in [6.45, 7) is 6.49. The van der Waals surface area contributed by atoms with Crippen LogP contribution in [0.5, 0.6) is 0 Å². The number of likely N-dealkylation sites (tertiary alicyclic amines) is 1. The van der Waals surface area contributed by atoms with Gasteiger partial charge in [0.2, 0.25) is 0 Å². The van der Waals surface area contributed by atoms with Crippen molar-refractivity contribution in [3.8, 4) is 0 Å². The van der Waals surface area contributed by atoms with E-state index in [1.54, 1.807) is 0 Å². The van der Waals surface area contributed by atoms with Gasteiger partial charge in [0, 0.05) is 18.6 Å². The van der Waals surface area contributed by atoms with Crippen molar-refractivity contribution in [1.29, 1.82) is 0 Å². The third-order valence-corrected chi connectivity index (χ3v) is 4.97. The Morgan fingerprint density at radius 3 is 2.06 bits per heavy atom. The highest BCUT2D eigenvalue weighted by Crippen LogP contribution is 2.44. The van der Waals surface area contributed by atoms with Crippen LogP contribution in [0.4, 0.5) is 0 Å². The Hall–Kier alpha value is -0.120. The summed E-state index contributed by atoms with van der Waals surface area (Å²) in [4.78, 5) is 2.29.